The summed E-state index contributed by atoms with van der Waals surface area (Å²) in [7, 11) is -2.40. The Kier molecular flexibility index (Phi) is 9.31. The molecule has 0 aliphatic carbocycles. The second-order valence-electron chi connectivity index (χ2n) is 13.0. The van der Waals surface area contributed by atoms with Crippen molar-refractivity contribution in [2.45, 2.75) is 76.7 Å². The number of hydrogen-bond donors (Lipinski definition) is 1. The van der Waals surface area contributed by atoms with E-state index in [-0.39, 0.29) is 43.5 Å². The highest BCUT2D eigenvalue weighted by atomic mass is 32.2. The molecule has 2 aliphatic heterocycles. The Balaban J connectivity index is 1.54. The van der Waals surface area contributed by atoms with Crippen LogP contribution in [0.1, 0.15) is 61.5 Å². The topological polar surface area (TPSA) is 99.9 Å². The normalized spacial score (nSPS) is 20.7. The number of piperidine rings is 1. The van der Waals surface area contributed by atoms with E-state index < -0.39 is 69.0 Å². The zero-order chi connectivity index (χ0) is 33.7. The van der Waals surface area contributed by atoms with E-state index in [1.54, 1.807) is 19.9 Å². The van der Waals surface area contributed by atoms with Gasteiger partial charge in [-0.25, -0.2) is 26.0 Å². The average Bonchev–Trinajstić information content (AvgIpc) is 3.30. The molecule has 2 aromatic carbocycles. The van der Waals surface area contributed by atoms with E-state index in [1.165, 1.54) is 17.4 Å². The molecule has 1 N–H and O–H groups in total. The van der Waals surface area contributed by atoms with E-state index in [0.29, 0.717) is 35.5 Å². The van der Waals surface area contributed by atoms with Crippen molar-refractivity contribution in [1.82, 2.24) is 9.47 Å². The van der Waals surface area contributed by atoms with Crippen LogP contribution in [0.3, 0.4) is 0 Å². The molecule has 5 rings (SSSR count). The highest BCUT2D eigenvalue weighted by Crippen LogP contribution is 2.41. The molecule has 2 aliphatic rings. The number of ketones is 1. The molecular weight excluding hydrogens is 626 g/mol. The van der Waals surface area contributed by atoms with E-state index >= 15 is 0 Å². The first kappa shape index (κ1) is 33.9. The van der Waals surface area contributed by atoms with E-state index in [2.05, 4.69) is 0 Å². The van der Waals surface area contributed by atoms with Crippen molar-refractivity contribution >= 4 is 38.3 Å². The molecular formula is C33H39F4N3O5S. The average molecular weight is 666 g/mol. The van der Waals surface area contributed by atoms with Gasteiger partial charge in [0.2, 0.25) is 15.9 Å². The fourth-order valence-electron chi connectivity index (χ4n) is 6.95. The van der Waals surface area contributed by atoms with Gasteiger partial charge in [0.05, 0.1) is 29.8 Å². The Morgan fingerprint density at radius 2 is 1.78 bits per heavy atom. The number of alkyl halides is 2. The molecule has 3 aromatic rings. The summed E-state index contributed by atoms with van der Waals surface area (Å²) in [6.07, 6.45) is -1.70. The third kappa shape index (κ3) is 6.27. The van der Waals surface area contributed by atoms with E-state index in [1.807, 2.05) is 17.7 Å². The van der Waals surface area contributed by atoms with Crippen LogP contribution in [0.5, 0.6) is 0 Å². The third-order valence-electron chi connectivity index (χ3n) is 9.38. The van der Waals surface area contributed by atoms with Crippen LogP contribution in [0.4, 0.5) is 23.2 Å². The maximum atomic E-state index is 14.1. The van der Waals surface area contributed by atoms with Crippen molar-refractivity contribution in [3.05, 3.63) is 64.9 Å². The Morgan fingerprint density at radius 1 is 1.11 bits per heavy atom. The van der Waals surface area contributed by atoms with Crippen LogP contribution in [-0.4, -0.2) is 72.1 Å². The smallest absolute Gasteiger partial charge is 0.255 e. The summed E-state index contributed by atoms with van der Waals surface area (Å²) in [5.74, 6) is -4.94. The second kappa shape index (κ2) is 12.6. The quantitative estimate of drug-likeness (QED) is 0.233. The minimum atomic E-state index is -3.85. The molecule has 0 spiro atoms. The number of aromatic nitrogens is 1. The van der Waals surface area contributed by atoms with Crippen LogP contribution >= 0.6 is 0 Å². The highest BCUT2D eigenvalue weighted by molar-refractivity contribution is 7.94. The number of benzene rings is 2. The summed E-state index contributed by atoms with van der Waals surface area (Å²) in [6.45, 7) is 4.77. The third-order valence-corrected chi connectivity index (χ3v) is 11.8. The lowest BCUT2D eigenvalue weighted by Gasteiger charge is -2.37. The maximum absolute atomic E-state index is 14.1. The SMILES string of the molecule is CCc1cn2c3c(cc(C(=O)C[C@@H](Cc4cc(F)cc(F)c4)[C@H](O)[C@@H]4CCCN(CC(F)F)C4=O)cc13)N(C)S(=O)(=O)C(C)(C)C2. The van der Waals surface area contributed by atoms with Crippen molar-refractivity contribution < 1.29 is 40.7 Å². The van der Waals surface area contributed by atoms with Crippen LogP contribution in [0.15, 0.2) is 36.5 Å². The molecule has 46 heavy (non-hydrogen) atoms. The van der Waals surface area contributed by atoms with Gasteiger partial charge in [0, 0.05) is 49.8 Å². The van der Waals surface area contributed by atoms with Crippen molar-refractivity contribution in [2.24, 2.45) is 11.8 Å². The van der Waals surface area contributed by atoms with E-state index in [0.717, 1.165) is 22.6 Å². The standard InChI is InChI=1S/C33H39F4N3O5S/c1-5-20-16-40-18-33(2,3)46(44,45)38(4)27-13-21(12-26(20)30(27)40)28(41)14-22(9-19-10-23(34)15-24(35)11-19)31(42)25-7-6-8-39(32(25)43)17-29(36)37/h10-13,15-16,22,25,29,31,42H,5-9,14,17-18H2,1-4H3/t22-,25+,31+/m1/s1. The predicted octanol–water partition coefficient (Wildman–Crippen LogP) is 5.34. The molecule has 0 bridgehead atoms. The Bertz CT molecular complexity index is 1750. The number of hydrogen-bond acceptors (Lipinski definition) is 5. The summed E-state index contributed by atoms with van der Waals surface area (Å²) >= 11 is 0. The van der Waals surface area contributed by atoms with Gasteiger partial charge in [-0.2, -0.15) is 0 Å². The number of rotatable bonds is 10. The molecule has 1 fully saturated rings. The zero-order valence-corrected chi connectivity index (χ0v) is 27.1. The summed E-state index contributed by atoms with van der Waals surface area (Å²) in [4.78, 5) is 28.2. The Hall–Kier alpha value is -3.45. The number of anilines is 1. The summed E-state index contributed by atoms with van der Waals surface area (Å²) in [5, 5.41) is 12.3. The molecule has 3 heterocycles. The van der Waals surface area contributed by atoms with Crippen molar-refractivity contribution in [3.8, 4) is 0 Å². The van der Waals surface area contributed by atoms with Gasteiger partial charge >= 0.3 is 0 Å². The number of aliphatic hydroxyl groups is 1. The van der Waals surface area contributed by atoms with Crippen molar-refractivity contribution in [1.29, 1.82) is 0 Å². The van der Waals surface area contributed by atoms with Crippen LogP contribution in [-0.2, 0) is 34.2 Å². The maximum Gasteiger partial charge on any atom is 0.255 e. The highest BCUT2D eigenvalue weighted by Gasteiger charge is 2.43. The van der Waals surface area contributed by atoms with Crippen molar-refractivity contribution in [3.63, 3.8) is 0 Å². The lowest BCUT2D eigenvalue weighted by molar-refractivity contribution is -0.146. The van der Waals surface area contributed by atoms with Gasteiger partial charge < -0.3 is 14.6 Å². The number of carbonyl (C=O) groups excluding carboxylic acids is 2. The molecule has 8 nitrogen and oxygen atoms in total. The van der Waals surface area contributed by atoms with Crippen LogP contribution in [0.2, 0.25) is 0 Å². The lowest BCUT2D eigenvalue weighted by Crippen LogP contribution is -2.49. The number of halogens is 4. The number of aliphatic hydroxyl groups excluding tert-OH is 1. The molecule has 1 amide bonds. The number of aryl methyl sites for hydroxylation is 1. The first-order valence-electron chi connectivity index (χ1n) is 15.4. The molecule has 3 atom stereocenters. The minimum absolute atomic E-state index is 0.112. The lowest BCUT2D eigenvalue weighted by atomic mass is 9.79. The number of nitrogens with zero attached hydrogens (tertiary/aromatic N) is 3. The van der Waals surface area contributed by atoms with E-state index in [9.17, 15) is 40.7 Å². The Labute approximate surface area is 266 Å². The number of sulfonamides is 1. The number of carbonyl (C=O) groups is 2. The fourth-order valence-corrected chi connectivity index (χ4v) is 8.39. The van der Waals surface area contributed by atoms with Gasteiger partial charge in [-0.3, -0.25) is 13.9 Å². The molecule has 1 aromatic heterocycles. The van der Waals surface area contributed by atoms with Gasteiger partial charge in [0.1, 0.15) is 16.4 Å². The monoisotopic (exact) mass is 665 g/mol. The predicted molar refractivity (Wildman–Crippen MR) is 167 cm³/mol. The second-order valence-corrected chi connectivity index (χ2v) is 15.6. The first-order valence-corrected chi connectivity index (χ1v) is 16.9. The Morgan fingerprint density at radius 3 is 2.41 bits per heavy atom. The van der Waals surface area contributed by atoms with Gasteiger partial charge in [0.25, 0.3) is 6.43 Å². The number of Topliss-reactive ketones (excluding diaryl/α,β-unsaturated/α-hetero) is 1. The largest absolute Gasteiger partial charge is 0.392 e. The van der Waals surface area contributed by atoms with Crippen LogP contribution in [0.25, 0.3) is 10.9 Å². The minimum Gasteiger partial charge on any atom is -0.392 e. The van der Waals surface area contributed by atoms with Crippen LogP contribution < -0.4 is 4.31 Å². The van der Waals surface area contributed by atoms with Crippen LogP contribution in [0, 0.1) is 23.5 Å². The van der Waals surface area contributed by atoms with E-state index in [4.69, 9.17) is 0 Å². The number of amides is 1. The molecule has 0 saturated carbocycles. The molecule has 13 heteroatoms. The summed E-state index contributed by atoms with van der Waals surface area (Å²) in [6, 6.07) is 6.05. The first-order chi connectivity index (χ1) is 21.5. The van der Waals surface area contributed by atoms with Gasteiger partial charge in [0.15, 0.2) is 5.78 Å². The fraction of sp³-hybridized carbons (Fsp3) is 0.515. The van der Waals surface area contributed by atoms with Gasteiger partial charge in [-0.1, -0.05) is 6.92 Å². The number of likely N-dealkylation sites (tertiary alicyclic amines) is 1. The molecule has 1 saturated heterocycles. The molecule has 250 valence electrons. The molecule has 0 unspecified atom stereocenters. The van der Waals surface area contributed by atoms with Gasteiger partial charge in [-0.15, -0.1) is 0 Å². The van der Waals surface area contributed by atoms with Crippen molar-refractivity contribution in [2.75, 3.05) is 24.4 Å². The summed E-state index contributed by atoms with van der Waals surface area (Å²) in [5.41, 5.74) is 2.23. The van der Waals surface area contributed by atoms with Gasteiger partial charge in [-0.05, 0) is 80.8 Å². The molecule has 0 radical (unpaired) electrons. The summed E-state index contributed by atoms with van der Waals surface area (Å²) < 4.78 is 83.7. The zero-order valence-electron chi connectivity index (χ0n) is 26.3.